The number of aryl methyl sites for hydroxylation is 1. The lowest BCUT2D eigenvalue weighted by molar-refractivity contribution is -0.141. The van der Waals surface area contributed by atoms with Crippen molar-refractivity contribution in [3.63, 3.8) is 0 Å². The van der Waals surface area contributed by atoms with E-state index in [1.807, 2.05) is 99.6 Å². The van der Waals surface area contributed by atoms with Gasteiger partial charge in [-0.15, -0.1) is 0 Å². The maximum absolute atomic E-state index is 13.8. The summed E-state index contributed by atoms with van der Waals surface area (Å²) in [7, 11) is 1.61. The Bertz CT molecular complexity index is 1160. The second kappa shape index (κ2) is 12.6. The smallest absolute Gasteiger partial charge is 0.243 e. The quantitative estimate of drug-likeness (QED) is 0.376. The van der Waals surface area contributed by atoms with Gasteiger partial charge in [-0.1, -0.05) is 72.3 Å². The van der Waals surface area contributed by atoms with Crippen molar-refractivity contribution in [1.29, 1.82) is 0 Å². The van der Waals surface area contributed by atoms with Crippen LogP contribution in [0.15, 0.2) is 78.9 Å². The Balaban J connectivity index is 1.95. The molecule has 0 aliphatic heterocycles. The Hall–Kier alpha value is -3.31. The zero-order valence-electron chi connectivity index (χ0n) is 21.5. The van der Waals surface area contributed by atoms with E-state index >= 15 is 0 Å². The van der Waals surface area contributed by atoms with E-state index in [1.54, 1.807) is 12.0 Å². The molecular weight excluding hydrogens is 472 g/mol. The number of ether oxygens (including phenoxy) is 1. The molecule has 190 valence electrons. The first kappa shape index (κ1) is 27.3. The molecule has 0 unspecified atom stereocenters. The maximum atomic E-state index is 13.8. The first-order valence-electron chi connectivity index (χ1n) is 12.2. The normalized spacial score (nSPS) is 12.0. The summed E-state index contributed by atoms with van der Waals surface area (Å²) in [4.78, 5) is 29.1. The van der Waals surface area contributed by atoms with Crippen LogP contribution in [0.2, 0.25) is 5.02 Å². The number of nitrogens with zero attached hydrogens (tertiary/aromatic N) is 1. The highest BCUT2D eigenvalue weighted by atomic mass is 35.5. The van der Waals surface area contributed by atoms with Crippen LogP contribution >= 0.6 is 11.6 Å². The van der Waals surface area contributed by atoms with Crippen molar-refractivity contribution in [1.82, 2.24) is 10.2 Å². The highest BCUT2D eigenvalue weighted by molar-refractivity contribution is 6.31. The lowest BCUT2D eigenvalue weighted by atomic mass is 9.99. The SMILES string of the molecule is COc1cccc(CN(C(=O)CCc2ccccc2Cl)[C@@H](Cc2ccccc2)C(=O)NC(C)(C)C)c1. The number of hydrogen-bond donors (Lipinski definition) is 1. The molecule has 3 aromatic carbocycles. The van der Waals surface area contributed by atoms with Crippen molar-refractivity contribution in [2.75, 3.05) is 7.11 Å². The van der Waals surface area contributed by atoms with E-state index in [9.17, 15) is 9.59 Å². The average molecular weight is 507 g/mol. The topological polar surface area (TPSA) is 58.6 Å². The van der Waals surface area contributed by atoms with Crippen molar-refractivity contribution < 1.29 is 14.3 Å². The summed E-state index contributed by atoms with van der Waals surface area (Å²) >= 11 is 6.34. The number of hydrogen-bond acceptors (Lipinski definition) is 3. The van der Waals surface area contributed by atoms with Gasteiger partial charge in [-0.05, 0) is 62.1 Å². The molecule has 0 bridgehead atoms. The number of rotatable bonds is 10. The molecule has 1 N–H and O–H groups in total. The monoisotopic (exact) mass is 506 g/mol. The Labute approximate surface area is 219 Å². The van der Waals surface area contributed by atoms with E-state index in [4.69, 9.17) is 16.3 Å². The third-order valence-electron chi connectivity index (χ3n) is 5.82. The lowest BCUT2D eigenvalue weighted by Gasteiger charge is -2.34. The fraction of sp³-hybridized carbons (Fsp3) is 0.333. The molecule has 1 atom stereocenters. The number of halogens is 1. The third-order valence-corrected chi connectivity index (χ3v) is 6.19. The third kappa shape index (κ3) is 8.13. The molecule has 0 radical (unpaired) electrons. The van der Waals surface area contributed by atoms with Gasteiger partial charge in [0.25, 0.3) is 0 Å². The van der Waals surface area contributed by atoms with Crippen LogP contribution in [0.3, 0.4) is 0 Å². The molecule has 3 aromatic rings. The van der Waals surface area contributed by atoms with Crippen molar-refractivity contribution in [2.45, 2.75) is 58.2 Å². The Morgan fingerprint density at radius 1 is 0.944 bits per heavy atom. The molecule has 6 heteroatoms. The fourth-order valence-electron chi connectivity index (χ4n) is 4.06. The molecule has 3 rings (SSSR count). The molecule has 0 saturated carbocycles. The first-order valence-corrected chi connectivity index (χ1v) is 12.6. The van der Waals surface area contributed by atoms with Gasteiger partial charge in [0, 0.05) is 29.9 Å². The average Bonchev–Trinajstić information content (AvgIpc) is 2.85. The van der Waals surface area contributed by atoms with E-state index < -0.39 is 11.6 Å². The molecule has 0 aliphatic carbocycles. The van der Waals surface area contributed by atoms with Crippen LogP contribution in [0.5, 0.6) is 5.75 Å². The van der Waals surface area contributed by atoms with E-state index in [0.29, 0.717) is 23.6 Å². The Morgan fingerprint density at radius 3 is 2.28 bits per heavy atom. The summed E-state index contributed by atoms with van der Waals surface area (Å²) in [5.41, 5.74) is 2.35. The minimum atomic E-state index is -0.684. The van der Waals surface area contributed by atoms with Crippen LogP contribution in [-0.4, -0.2) is 35.4 Å². The van der Waals surface area contributed by atoms with Crippen LogP contribution in [0.25, 0.3) is 0 Å². The van der Waals surface area contributed by atoms with Gasteiger partial charge in [-0.2, -0.15) is 0 Å². The highest BCUT2D eigenvalue weighted by Crippen LogP contribution is 2.22. The zero-order chi connectivity index (χ0) is 26.1. The molecule has 0 heterocycles. The van der Waals surface area contributed by atoms with Crippen molar-refractivity contribution in [3.05, 3.63) is 101 Å². The minimum absolute atomic E-state index is 0.109. The largest absolute Gasteiger partial charge is 0.497 e. The highest BCUT2D eigenvalue weighted by Gasteiger charge is 2.32. The van der Waals surface area contributed by atoms with Crippen LogP contribution in [0, 0.1) is 0 Å². The van der Waals surface area contributed by atoms with Crippen molar-refractivity contribution >= 4 is 23.4 Å². The minimum Gasteiger partial charge on any atom is -0.497 e. The van der Waals surface area contributed by atoms with Crippen molar-refractivity contribution in [2.24, 2.45) is 0 Å². The second-order valence-electron chi connectivity index (χ2n) is 9.91. The van der Waals surface area contributed by atoms with Crippen LogP contribution in [-0.2, 0) is 29.0 Å². The standard InChI is InChI=1S/C30H35ClN2O3/c1-30(2,3)32-29(35)27(20-22-11-6-5-7-12-22)33(21-23-13-10-15-25(19-23)36-4)28(34)18-17-24-14-8-9-16-26(24)31/h5-16,19,27H,17-18,20-21H2,1-4H3,(H,32,35)/t27-/m0/s1. The van der Waals surface area contributed by atoms with Gasteiger partial charge < -0.3 is 15.0 Å². The summed E-state index contributed by atoms with van der Waals surface area (Å²) in [6.07, 6.45) is 1.14. The van der Waals surface area contributed by atoms with Gasteiger partial charge in [-0.25, -0.2) is 0 Å². The first-order chi connectivity index (χ1) is 17.2. The van der Waals surface area contributed by atoms with E-state index in [-0.39, 0.29) is 24.8 Å². The number of nitrogens with one attached hydrogen (secondary N) is 1. The summed E-state index contributed by atoms with van der Waals surface area (Å²) in [5.74, 6) is 0.415. The number of carbonyl (C=O) groups is 2. The van der Waals surface area contributed by atoms with Gasteiger partial charge in [0.2, 0.25) is 11.8 Å². The summed E-state index contributed by atoms with van der Waals surface area (Å²) in [6.45, 7) is 6.11. The zero-order valence-corrected chi connectivity index (χ0v) is 22.2. The van der Waals surface area contributed by atoms with Gasteiger partial charge in [0.1, 0.15) is 11.8 Å². The second-order valence-corrected chi connectivity index (χ2v) is 10.3. The predicted octanol–water partition coefficient (Wildman–Crippen LogP) is 5.84. The van der Waals surface area contributed by atoms with E-state index in [2.05, 4.69) is 5.32 Å². The Morgan fingerprint density at radius 2 is 1.61 bits per heavy atom. The van der Waals surface area contributed by atoms with Gasteiger partial charge in [-0.3, -0.25) is 9.59 Å². The molecule has 0 spiro atoms. The molecule has 5 nitrogen and oxygen atoms in total. The summed E-state index contributed by atoms with van der Waals surface area (Å²) in [6, 6.07) is 24.2. The van der Waals surface area contributed by atoms with Crippen molar-refractivity contribution in [3.8, 4) is 5.75 Å². The van der Waals surface area contributed by atoms with Crippen LogP contribution in [0.1, 0.15) is 43.9 Å². The van der Waals surface area contributed by atoms with Gasteiger partial charge in [0.15, 0.2) is 0 Å². The molecule has 0 aromatic heterocycles. The Kier molecular flexibility index (Phi) is 9.54. The maximum Gasteiger partial charge on any atom is 0.243 e. The lowest BCUT2D eigenvalue weighted by Crippen LogP contribution is -2.54. The van der Waals surface area contributed by atoms with Gasteiger partial charge >= 0.3 is 0 Å². The molecule has 0 saturated heterocycles. The van der Waals surface area contributed by atoms with E-state index in [0.717, 1.165) is 16.7 Å². The predicted molar refractivity (Wildman–Crippen MR) is 145 cm³/mol. The van der Waals surface area contributed by atoms with Crippen LogP contribution in [0.4, 0.5) is 0 Å². The summed E-state index contributed by atoms with van der Waals surface area (Å²) in [5, 5.41) is 3.72. The molecule has 0 fully saturated rings. The fourth-order valence-corrected chi connectivity index (χ4v) is 4.29. The molecule has 2 amide bonds. The number of amides is 2. The van der Waals surface area contributed by atoms with Crippen LogP contribution < -0.4 is 10.1 Å². The van der Waals surface area contributed by atoms with E-state index in [1.165, 1.54) is 0 Å². The molecule has 0 aliphatic rings. The number of methoxy groups -OCH3 is 1. The number of benzene rings is 3. The molecule has 36 heavy (non-hydrogen) atoms. The number of carbonyl (C=O) groups excluding carboxylic acids is 2. The summed E-state index contributed by atoms with van der Waals surface area (Å²) < 4.78 is 5.39. The molecular formula is C30H35ClN2O3. The van der Waals surface area contributed by atoms with Gasteiger partial charge in [0.05, 0.1) is 7.11 Å².